The minimum atomic E-state index is -0.134. The van der Waals surface area contributed by atoms with E-state index in [9.17, 15) is 9.59 Å². The summed E-state index contributed by atoms with van der Waals surface area (Å²) in [5.74, 6) is -0.164. The second-order valence-corrected chi connectivity index (χ2v) is 4.92. The third-order valence-electron chi connectivity index (χ3n) is 3.24. The Morgan fingerprint density at radius 2 is 1.91 bits per heavy atom. The molecule has 2 aromatic rings. The third kappa shape index (κ3) is 4.70. The molecule has 2 rings (SSSR count). The van der Waals surface area contributed by atoms with Crippen LogP contribution in [0.3, 0.4) is 0 Å². The van der Waals surface area contributed by atoms with E-state index < -0.39 is 0 Å². The van der Waals surface area contributed by atoms with Crippen molar-refractivity contribution >= 4 is 11.8 Å². The van der Waals surface area contributed by atoms with Gasteiger partial charge in [-0.3, -0.25) is 14.6 Å². The van der Waals surface area contributed by atoms with Crippen molar-refractivity contribution in [2.75, 3.05) is 13.1 Å². The van der Waals surface area contributed by atoms with E-state index in [4.69, 9.17) is 0 Å². The van der Waals surface area contributed by atoms with Crippen LogP contribution in [0.4, 0.5) is 0 Å². The van der Waals surface area contributed by atoms with Crippen molar-refractivity contribution in [1.29, 1.82) is 0 Å². The molecule has 2 amide bonds. The van der Waals surface area contributed by atoms with Crippen LogP contribution < -0.4 is 5.32 Å². The molecule has 1 N–H and O–H groups in total. The van der Waals surface area contributed by atoms with Crippen LogP contribution in [-0.4, -0.2) is 34.8 Å². The molecule has 0 aliphatic carbocycles. The topological polar surface area (TPSA) is 62.3 Å². The van der Waals surface area contributed by atoms with Gasteiger partial charge < -0.3 is 10.2 Å². The number of carbonyl (C=O) groups excluding carboxylic acids is 2. The van der Waals surface area contributed by atoms with E-state index in [-0.39, 0.29) is 11.8 Å². The first-order valence-corrected chi connectivity index (χ1v) is 7.14. The molecule has 0 unspecified atom stereocenters. The lowest BCUT2D eigenvalue weighted by Crippen LogP contribution is -2.37. The predicted octanol–water partition coefficient (Wildman–Crippen LogP) is 1.86. The SMILES string of the molecule is CC(=O)N(CCNC(=O)c1ccccc1)Cc1cccnc1. The minimum absolute atomic E-state index is 0.0298. The molecule has 0 saturated carbocycles. The Morgan fingerprint density at radius 3 is 2.55 bits per heavy atom. The molecule has 114 valence electrons. The highest BCUT2D eigenvalue weighted by atomic mass is 16.2. The quantitative estimate of drug-likeness (QED) is 0.885. The van der Waals surface area contributed by atoms with Gasteiger partial charge in [-0.15, -0.1) is 0 Å². The third-order valence-corrected chi connectivity index (χ3v) is 3.24. The van der Waals surface area contributed by atoms with Crippen molar-refractivity contribution in [3.05, 3.63) is 66.0 Å². The van der Waals surface area contributed by atoms with E-state index in [1.807, 2.05) is 30.3 Å². The van der Waals surface area contributed by atoms with Crippen molar-refractivity contribution in [2.24, 2.45) is 0 Å². The first kappa shape index (κ1) is 15.7. The highest BCUT2D eigenvalue weighted by Gasteiger charge is 2.10. The van der Waals surface area contributed by atoms with Crippen molar-refractivity contribution < 1.29 is 9.59 Å². The molecule has 5 heteroatoms. The van der Waals surface area contributed by atoms with Gasteiger partial charge in [0.25, 0.3) is 5.91 Å². The fourth-order valence-corrected chi connectivity index (χ4v) is 2.06. The zero-order valence-electron chi connectivity index (χ0n) is 12.5. The fourth-order valence-electron chi connectivity index (χ4n) is 2.06. The van der Waals surface area contributed by atoms with E-state index in [0.717, 1.165) is 5.56 Å². The Kier molecular flexibility index (Phi) is 5.65. The maximum atomic E-state index is 11.9. The summed E-state index contributed by atoms with van der Waals surface area (Å²) in [6.45, 7) is 2.89. The van der Waals surface area contributed by atoms with Gasteiger partial charge in [-0.25, -0.2) is 0 Å². The molecule has 1 heterocycles. The van der Waals surface area contributed by atoms with Crippen LogP contribution in [0.5, 0.6) is 0 Å². The van der Waals surface area contributed by atoms with E-state index in [0.29, 0.717) is 25.2 Å². The zero-order chi connectivity index (χ0) is 15.8. The molecule has 0 aliphatic heterocycles. The second kappa shape index (κ2) is 7.93. The first-order chi connectivity index (χ1) is 10.7. The molecule has 0 fully saturated rings. The number of pyridine rings is 1. The van der Waals surface area contributed by atoms with Crippen molar-refractivity contribution in [1.82, 2.24) is 15.2 Å². The van der Waals surface area contributed by atoms with Crippen LogP contribution in [0.15, 0.2) is 54.9 Å². The summed E-state index contributed by atoms with van der Waals surface area (Å²) in [4.78, 5) is 29.3. The highest BCUT2D eigenvalue weighted by Crippen LogP contribution is 2.03. The molecular weight excluding hydrogens is 278 g/mol. The Bertz CT molecular complexity index is 614. The lowest BCUT2D eigenvalue weighted by molar-refractivity contribution is -0.129. The Balaban J connectivity index is 1.85. The van der Waals surface area contributed by atoms with Crippen LogP contribution in [0.1, 0.15) is 22.8 Å². The van der Waals surface area contributed by atoms with Gasteiger partial charge in [-0.05, 0) is 23.8 Å². The van der Waals surface area contributed by atoms with Gasteiger partial charge in [0.1, 0.15) is 0 Å². The number of carbonyl (C=O) groups is 2. The van der Waals surface area contributed by atoms with Gasteiger partial charge >= 0.3 is 0 Å². The average Bonchev–Trinajstić information content (AvgIpc) is 2.55. The maximum Gasteiger partial charge on any atom is 0.251 e. The van der Waals surface area contributed by atoms with Crippen molar-refractivity contribution in [3.8, 4) is 0 Å². The number of benzene rings is 1. The monoisotopic (exact) mass is 297 g/mol. The predicted molar refractivity (Wildman–Crippen MR) is 84.1 cm³/mol. The summed E-state index contributed by atoms with van der Waals surface area (Å²) in [7, 11) is 0. The molecule has 0 atom stereocenters. The van der Waals surface area contributed by atoms with Crippen LogP contribution in [-0.2, 0) is 11.3 Å². The molecule has 1 aromatic heterocycles. The van der Waals surface area contributed by atoms with E-state index in [1.165, 1.54) is 6.92 Å². The lowest BCUT2D eigenvalue weighted by Gasteiger charge is -2.21. The summed E-state index contributed by atoms with van der Waals surface area (Å²) in [5, 5.41) is 2.82. The molecule has 0 saturated heterocycles. The van der Waals surface area contributed by atoms with Crippen LogP contribution in [0.2, 0.25) is 0 Å². The first-order valence-electron chi connectivity index (χ1n) is 7.14. The molecule has 0 spiro atoms. The summed E-state index contributed by atoms with van der Waals surface area (Å²) in [6.07, 6.45) is 3.43. The maximum absolute atomic E-state index is 11.9. The van der Waals surface area contributed by atoms with Gasteiger partial charge in [0.05, 0.1) is 0 Å². The van der Waals surface area contributed by atoms with Crippen LogP contribution in [0.25, 0.3) is 0 Å². The fraction of sp³-hybridized carbons (Fsp3) is 0.235. The number of aromatic nitrogens is 1. The van der Waals surface area contributed by atoms with Crippen LogP contribution in [0, 0.1) is 0 Å². The second-order valence-electron chi connectivity index (χ2n) is 4.92. The van der Waals surface area contributed by atoms with Gasteiger partial charge in [-0.1, -0.05) is 24.3 Å². The Hall–Kier alpha value is -2.69. The van der Waals surface area contributed by atoms with E-state index in [1.54, 1.807) is 29.4 Å². The molecule has 0 bridgehead atoms. The number of rotatable bonds is 6. The molecule has 22 heavy (non-hydrogen) atoms. The van der Waals surface area contributed by atoms with Crippen molar-refractivity contribution in [2.45, 2.75) is 13.5 Å². The minimum Gasteiger partial charge on any atom is -0.350 e. The molecule has 0 aliphatic rings. The lowest BCUT2D eigenvalue weighted by atomic mass is 10.2. The molecular formula is C17H19N3O2. The summed E-state index contributed by atoms with van der Waals surface area (Å²) >= 11 is 0. The number of nitrogens with one attached hydrogen (secondary N) is 1. The summed E-state index contributed by atoms with van der Waals surface area (Å²) in [6, 6.07) is 12.8. The molecule has 1 aromatic carbocycles. The Morgan fingerprint density at radius 1 is 1.14 bits per heavy atom. The normalized spacial score (nSPS) is 10.0. The number of nitrogens with zero attached hydrogens (tertiary/aromatic N) is 2. The number of amides is 2. The number of hydrogen-bond acceptors (Lipinski definition) is 3. The van der Waals surface area contributed by atoms with Gasteiger partial charge in [0.2, 0.25) is 5.91 Å². The van der Waals surface area contributed by atoms with E-state index in [2.05, 4.69) is 10.3 Å². The van der Waals surface area contributed by atoms with Gasteiger partial charge in [-0.2, -0.15) is 0 Å². The van der Waals surface area contributed by atoms with E-state index >= 15 is 0 Å². The molecule has 5 nitrogen and oxygen atoms in total. The average molecular weight is 297 g/mol. The highest BCUT2D eigenvalue weighted by molar-refractivity contribution is 5.94. The van der Waals surface area contributed by atoms with Gasteiger partial charge in [0, 0.05) is 44.5 Å². The van der Waals surface area contributed by atoms with Crippen molar-refractivity contribution in [3.63, 3.8) is 0 Å². The summed E-state index contributed by atoms with van der Waals surface area (Å²) in [5.41, 5.74) is 1.58. The molecule has 0 radical (unpaired) electrons. The van der Waals surface area contributed by atoms with Crippen LogP contribution >= 0.6 is 0 Å². The summed E-state index contributed by atoms with van der Waals surface area (Å²) < 4.78 is 0. The standard InChI is InChI=1S/C17H19N3O2/c1-14(21)20(13-15-6-5-9-18-12-15)11-10-19-17(22)16-7-3-2-4-8-16/h2-9,12H,10-11,13H2,1H3,(H,19,22). The Labute approximate surface area is 130 Å². The largest absolute Gasteiger partial charge is 0.350 e. The smallest absolute Gasteiger partial charge is 0.251 e. The van der Waals surface area contributed by atoms with Gasteiger partial charge in [0.15, 0.2) is 0 Å². The number of hydrogen-bond donors (Lipinski definition) is 1. The zero-order valence-corrected chi connectivity index (χ0v) is 12.5.